The van der Waals surface area contributed by atoms with Gasteiger partial charge in [0.2, 0.25) is 0 Å². The van der Waals surface area contributed by atoms with Crippen LogP contribution in [-0.4, -0.2) is 59.9 Å². The number of carbonyl (C=O) groups excluding carboxylic acids is 2. The Kier molecular flexibility index (Phi) is 8.40. The largest absolute Gasteiger partial charge is 0.507 e. The molecule has 0 spiro atoms. The van der Waals surface area contributed by atoms with Crippen molar-refractivity contribution in [2.45, 2.75) is 26.3 Å². The minimum absolute atomic E-state index is 0.0337. The van der Waals surface area contributed by atoms with Crippen molar-refractivity contribution in [3.8, 4) is 5.75 Å². The van der Waals surface area contributed by atoms with Gasteiger partial charge < -0.3 is 19.6 Å². The van der Waals surface area contributed by atoms with Gasteiger partial charge >= 0.3 is 0 Å². The highest BCUT2D eigenvalue weighted by Crippen LogP contribution is 2.40. The minimum atomic E-state index is -0.722. The number of carbonyl (C=O) groups is 2. The van der Waals surface area contributed by atoms with Crippen LogP contribution >= 0.6 is 23.2 Å². The molecule has 0 bridgehead atoms. The number of benzene rings is 2. The predicted octanol–water partition coefficient (Wildman–Crippen LogP) is 5.16. The summed E-state index contributed by atoms with van der Waals surface area (Å²) in [6, 6.07) is 11.0. The maximum atomic E-state index is 13.1. The molecule has 0 aromatic heterocycles. The summed E-state index contributed by atoms with van der Waals surface area (Å²) in [5.41, 5.74) is 1.06. The van der Waals surface area contributed by atoms with Crippen LogP contribution in [0.4, 0.5) is 0 Å². The predicted molar refractivity (Wildman–Crippen MR) is 131 cm³/mol. The number of Topliss-reactive ketones (excluding diaryl/α,β-unsaturated/α-hetero) is 1. The third kappa shape index (κ3) is 5.35. The lowest BCUT2D eigenvalue weighted by Gasteiger charge is -2.27. The summed E-state index contributed by atoms with van der Waals surface area (Å²) in [5.74, 6) is -1.18. The van der Waals surface area contributed by atoms with Crippen LogP contribution in [0.1, 0.15) is 37.4 Å². The van der Waals surface area contributed by atoms with Crippen LogP contribution in [0.15, 0.2) is 48.0 Å². The van der Waals surface area contributed by atoms with Gasteiger partial charge in [-0.1, -0.05) is 49.2 Å². The van der Waals surface area contributed by atoms with Crippen LogP contribution in [0.25, 0.3) is 5.76 Å². The highest BCUT2D eigenvalue weighted by atomic mass is 35.5. The van der Waals surface area contributed by atoms with Gasteiger partial charge in [0.1, 0.15) is 11.5 Å². The molecule has 1 aliphatic heterocycles. The number of methoxy groups -OCH3 is 1. The first kappa shape index (κ1) is 25.1. The molecule has 2 aromatic rings. The van der Waals surface area contributed by atoms with Crippen LogP contribution in [-0.2, 0) is 9.59 Å². The molecular formula is C25H28Cl2N2O4. The summed E-state index contributed by atoms with van der Waals surface area (Å²) in [6.45, 7) is 7.18. The van der Waals surface area contributed by atoms with Gasteiger partial charge in [-0.15, -0.1) is 0 Å². The number of likely N-dealkylation sites (tertiary alicyclic amines) is 1. The lowest BCUT2D eigenvalue weighted by Crippen LogP contribution is -2.33. The van der Waals surface area contributed by atoms with Gasteiger partial charge in [-0.2, -0.15) is 0 Å². The van der Waals surface area contributed by atoms with Crippen molar-refractivity contribution in [2.75, 3.05) is 33.3 Å². The molecule has 176 valence electrons. The summed E-state index contributed by atoms with van der Waals surface area (Å²) in [4.78, 5) is 29.9. The number of ether oxygens (including phenoxy) is 1. The highest BCUT2D eigenvalue weighted by molar-refractivity contribution is 6.46. The van der Waals surface area contributed by atoms with Gasteiger partial charge in [0.15, 0.2) is 0 Å². The zero-order valence-electron chi connectivity index (χ0n) is 19.0. The highest BCUT2D eigenvalue weighted by Gasteiger charge is 2.45. The molecule has 1 unspecified atom stereocenters. The summed E-state index contributed by atoms with van der Waals surface area (Å²) in [5, 5.41) is 12.0. The number of hydrogen-bond donors (Lipinski definition) is 1. The van der Waals surface area contributed by atoms with E-state index in [1.165, 1.54) is 18.1 Å². The number of halogens is 2. The monoisotopic (exact) mass is 490 g/mol. The molecular weight excluding hydrogens is 463 g/mol. The number of ketones is 1. The van der Waals surface area contributed by atoms with Crippen LogP contribution in [0, 0.1) is 0 Å². The number of aliphatic hydroxyl groups excluding tert-OH is 1. The summed E-state index contributed by atoms with van der Waals surface area (Å²) < 4.78 is 5.17. The van der Waals surface area contributed by atoms with Gasteiger partial charge in [-0.05, 0) is 62.0 Å². The molecule has 0 aliphatic carbocycles. The molecule has 1 atom stereocenters. The Balaban J connectivity index is 2.04. The van der Waals surface area contributed by atoms with E-state index < -0.39 is 17.7 Å². The Bertz CT molecular complexity index is 1050. The second-order valence-corrected chi connectivity index (χ2v) is 8.62. The van der Waals surface area contributed by atoms with Crippen LogP contribution in [0.5, 0.6) is 5.75 Å². The Morgan fingerprint density at radius 1 is 1.09 bits per heavy atom. The summed E-state index contributed by atoms with van der Waals surface area (Å²) in [7, 11) is 1.49. The Morgan fingerprint density at radius 2 is 1.76 bits per heavy atom. The van der Waals surface area contributed by atoms with E-state index in [9.17, 15) is 14.7 Å². The first-order valence-corrected chi connectivity index (χ1v) is 11.7. The third-order valence-electron chi connectivity index (χ3n) is 5.92. The smallest absolute Gasteiger partial charge is 0.295 e. The van der Waals surface area contributed by atoms with Gasteiger partial charge in [-0.3, -0.25) is 9.59 Å². The maximum Gasteiger partial charge on any atom is 0.295 e. The molecule has 1 amide bonds. The molecule has 0 radical (unpaired) electrons. The number of hydrogen-bond acceptors (Lipinski definition) is 5. The van der Waals surface area contributed by atoms with Gasteiger partial charge in [-0.25, -0.2) is 0 Å². The molecule has 1 N–H and O–H groups in total. The van der Waals surface area contributed by atoms with Crippen molar-refractivity contribution < 1.29 is 19.4 Å². The number of aliphatic hydroxyl groups is 1. The minimum Gasteiger partial charge on any atom is -0.507 e. The van der Waals surface area contributed by atoms with Crippen molar-refractivity contribution in [1.29, 1.82) is 0 Å². The van der Waals surface area contributed by atoms with E-state index in [2.05, 4.69) is 18.7 Å². The number of rotatable bonds is 9. The molecule has 33 heavy (non-hydrogen) atoms. The first-order valence-electron chi connectivity index (χ1n) is 10.9. The zero-order chi connectivity index (χ0) is 24.1. The third-order valence-corrected chi connectivity index (χ3v) is 6.47. The number of nitrogens with zero attached hydrogens (tertiary/aromatic N) is 2. The van der Waals surface area contributed by atoms with Crippen LogP contribution < -0.4 is 4.74 Å². The van der Waals surface area contributed by atoms with Crippen molar-refractivity contribution in [3.05, 3.63) is 69.2 Å². The molecule has 1 heterocycles. The average Bonchev–Trinajstić information content (AvgIpc) is 3.06. The van der Waals surface area contributed by atoms with Crippen molar-refractivity contribution in [2.24, 2.45) is 0 Å². The molecule has 2 aromatic carbocycles. The molecule has 1 saturated heterocycles. The SMILES string of the molecule is CCN(CC)CCCN1C(=O)C(=O)/C(=C(\O)c2ccc(OC)c(Cl)c2)C1c1ccc(Cl)cc1. The van der Waals surface area contributed by atoms with Crippen molar-refractivity contribution >= 4 is 40.7 Å². The van der Waals surface area contributed by atoms with Crippen molar-refractivity contribution in [1.82, 2.24) is 9.80 Å². The fourth-order valence-electron chi connectivity index (χ4n) is 4.08. The van der Waals surface area contributed by atoms with E-state index in [0.29, 0.717) is 34.9 Å². The van der Waals surface area contributed by atoms with Gasteiger partial charge in [0, 0.05) is 17.1 Å². The van der Waals surface area contributed by atoms with Crippen LogP contribution in [0.3, 0.4) is 0 Å². The normalized spacial score (nSPS) is 17.8. The van der Waals surface area contributed by atoms with Gasteiger partial charge in [0.05, 0.1) is 23.7 Å². The molecule has 6 nitrogen and oxygen atoms in total. The van der Waals surface area contributed by atoms with E-state index in [0.717, 1.165) is 19.6 Å². The molecule has 0 saturated carbocycles. The zero-order valence-corrected chi connectivity index (χ0v) is 20.5. The average molecular weight is 491 g/mol. The quantitative estimate of drug-likeness (QED) is 0.298. The molecule has 3 rings (SSSR count). The summed E-state index contributed by atoms with van der Waals surface area (Å²) >= 11 is 12.3. The van der Waals surface area contributed by atoms with E-state index in [1.807, 2.05) is 0 Å². The van der Waals surface area contributed by atoms with E-state index in [4.69, 9.17) is 27.9 Å². The lowest BCUT2D eigenvalue weighted by molar-refractivity contribution is -0.140. The lowest BCUT2D eigenvalue weighted by atomic mass is 9.95. The fourth-order valence-corrected chi connectivity index (χ4v) is 4.46. The Labute approximate surface area is 204 Å². The number of amides is 1. The Morgan fingerprint density at radius 3 is 2.33 bits per heavy atom. The molecule has 8 heteroatoms. The second-order valence-electron chi connectivity index (χ2n) is 7.77. The van der Waals surface area contributed by atoms with Crippen molar-refractivity contribution in [3.63, 3.8) is 0 Å². The molecule has 1 aliphatic rings. The first-order chi connectivity index (χ1) is 15.8. The standard InChI is InChI=1S/C25H28Cl2N2O4/c1-4-28(5-2)13-6-14-29-22(16-7-10-18(26)11-8-16)21(24(31)25(29)32)23(30)17-9-12-20(33-3)19(27)15-17/h7-12,15,22,30H,4-6,13-14H2,1-3H3/b23-21-. The molecule has 1 fully saturated rings. The second kappa shape index (κ2) is 11.1. The van der Waals surface area contributed by atoms with E-state index in [-0.39, 0.29) is 16.4 Å². The van der Waals surface area contributed by atoms with Crippen LogP contribution in [0.2, 0.25) is 10.0 Å². The van der Waals surface area contributed by atoms with E-state index >= 15 is 0 Å². The van der Waals surface area contributed by atoms with E-state index in [1.54, 1.807) is 36.4 Å². The Hall–Kier alpha value is -2.54. The topological polar surface area (TPSA) is 70.1 Å². The summed E-state index contributed by atoms with van der Waals surface area (Å²) in [6.07, 6.45) is 0.702. The fraction of sp³-hybridized carbons (Fsp3) is 0.360. The van der Waals surface area contributed by atoms with Gasteiger partial charge in [0.25, 0.3) is 11.7 Å². The maximum absolute atomic E-state index is 13.1.